The average molecular weight is 471 g/mol. The fraction of sp³-hybridized carbons (Fsp3) is 0.250. The summed E-state index contributed by atoms with van der Waals surface area (Å²) in [7, 11) is 5.66. The molecule has 0 N–H and O–H groups in total. The van der Waals surface area contributed by atoms with Crippen molar-refractivity contribution >= 4 is 29.0 Å². The SMILES string of the molecule is CN(Cc1ccc(N(C)C)cc1)C(=O)COC(=O)C1=NN(c2ccccc2)C(c2ccccc2)C1. The van der Waals surface area contributed by atoms with Crippen LogP contribution in [-0.2, 0) is 20.9 Å². The van der Waals surface area contributed by atoms with Crippen LogP contribution in [0, 0.1) is 0 Å². The van der Waals surface area contributed by atoms with Gasteiger partial charge in [-0.2, -0.15) is 5.10 Å². The zero-order valence-corrected chi connectivity index (χ0v) is 20.3. The highest BCUT2D eigenvalue weighted by molar-refractivity contribution is 6.37. The monoisotopic (exact) mass is 470 g/mol. The van der Waals surface area contributed by atoms with E-state index in [0.29, 0.717) is 18.7 Å². The number of anilines is 2. The van der Waals surface area contributed by atoms with Crippen LogP contribution in [0.15, 0.2) is 90.0 Å². The van der Waals surface area contributed by atoms with Crippen LogP contribution in [0.3, 0.4) is 0 Å². The Labute approximate surface area is 206 Å². The number of hydrogen-bond acceptors (Lipinski definition) is 6. The Balaban J connectivity index is 1.38. The molecule has 0 saturated heterocycles. The number of nitrogens with zero attached hydrogens (tertiary/aromatic N) is 4. The number of rotatable bonds is 8. The molecule has 180 valence electrons. The van der Waals surface area contributed by atoms with Crippen molar-refractivity contribution in [2.75, 3.05) is 37.7 Å². The molecule has 1 atom stereocenters. The van der Waals surface area contributed by atoms with E-state index in [1.807, 2.05) is 109 Å². The standard InChI is InChI=1S/C28H30N4O3/c1-30(2)23-16-14-21(15-17-23)19-31(3)27(33)20-35-28(34)25-18-26(22-10-6-4-7-11-22)32(29-25)24-12-8-5-9-13-24/h4-17,26H,18-20H2,1-3H3. The molecule has 0 saturated carbocycles. The first kappa shape index (κ1) is 24.0. The Bertz CT molecular complexity index is 1180. The molecule has 1 amide bonds. The Morgan fingerprint density at radius 1 is 0.914 bits per heavy atom. The molecule has 7 nitrogen and oxygen atoms in total. The van der Waals surface area contributed by atoms with Crippen molar-refractivity contribution < 1.29 is 14.3 Å². The van der Waals surface area contributed by atoms with Crippen LogP contribution in [0.2, 0.25) is 0 Å². The highest BCUT2D eigenvalue weighted by Gasteiger charge is 2.33. The second-order valence-corrected chi connectivity index (χ2v) is 8.74. The van der Waals surface area contributed by atoms with Gasteiger partial charge in [-0.25, -0.2) is 4.79 Å². The molecule has 1 heterocycles. The molecule has 1 aliphatic rings. The van der Waals surface area contributed by atoms with E-state index in [9.17, 15) is 9.59 Å². The van der Waals surface area contributed by atoms with Crippen molar-refractivity contribution in [1.29, 1.82) is 0 Å². The van der Waals surface area contributed by atoms with Gasteiger partial charge in [0.2, 0.25) is 0 Å². The quantitative estimate of drug-likeness (QED) is 0.460. The highest BCUT2D eigenvalue weighted by atomic mass is 16.5. The summed E-state index contributed by atoms with van der Waals surface area (Å²) >= 11 is 0. The molecule has 0 fully saturated rings. The third-order valence-electron chi connectivity index (χ3n) is 5.98. The number of carbonyl (C=O) groups is 2. The molecule has 0 aliphatic carbocycles. The topological polar surface area (TPSA) is 65.5 Å². The first-order valence-corrected chi connectivity index (χ1v) is 11.6. The lowest BCUT2D eigenvalue weighted by molar-refractivity contribution is -0.146. The van der Waals surface area contributed by atoms with Crippen LogP contribution in [0.4, 0.5) is 11.4 Å². The number of amides is 1. The fourth-order valence-electron chi connectivity index (χ4n) is 3.97. The largest absolute Gasteiger partial charge is 0.451 e. The summed E-state index contributed by atoms with van der Waals surface area (Å²) in [5.41, 5.74) is 4.34. The first-order valence-electron chi connectivity index (χ1n) is 11.6. The van der Waals surface area contributed by atoms with Crippen LogP contribution in [0.5, 0.6) is 0 Å². The number of ether oxygens (including phenoxy) is 1. The fourth-order valence-corrected chi connectivity index (χ4v) is 3.97. The lowest BCUT2D eigenvalue weighted by Gasteiger charge is -2.23. The van der Waals surface area contributed by atoms with E-state index in [0.717, 1.165) is 22.5 Å². The second-order valence-electron chi connectivity index (χ2n) is 8.74. The smallest absolute Gasteiger partial charge is 0.355 e. The molecule has 4 rings (SSSR count). The Morgan fingerprint density at radius 2 is 1.54 bits per heavy atom. The molecule has 1 unspecified atom stereocenters. The lowest BCUT2D eigenvalue weighted by Crippen LogP contribution is -2.32. The van der Waals surface area contributed by atoms with Gasteiger partial charge in [0, 0.05) is 39.8 Å². The molecule has 0 bridgehead atoms. The summed E-state index contributed by atoms with van der Waals surface area (Å²) in [5, 5.41) is 6.42. The maximum absolute atomic E-state index is 12.8. The molecule has 0 aromatic heterocycles. The van der Waals surface area contributed by atoms with Crippen molar-refractivity contribution in [2.45, 2.75) is 19.0 Å². The minimum Gasteiger partial charge on any atom is -0.451 e. The van der Waals surface area contributed by atoms with E-state index in [-0.39, 0.29) is 18.6 Å². The van der Waals surface area contributed by atoms with Crippen LogP contribution >= 0.6 is 0 Å². The minimum absolute atomic E-state index is 0.121. The summed E-state index contributed by atoms with van der Waals surface area (Å²) in [6.45, 7) is 0.106. The van der Waals surface area contributed by atoms with Gasteiger partial charge in [0.25, 0.3) is 5.91 Å². The van der Waals surface area contributed by atoms with E-state index in [2.05, 4.69) is 5.10 Å². The van der Waals surface area contributed by atoms with Crippen LogP contribution in [-0.4, -0.2) is 50.2 Å². The van der Waals surface area contributed by atoms with Gasteiger partial charge in [-0.05, 0) is 35.4 Å². The lowest BCUT2D eigenvalue weighted by atomic mass is 10.0. The number of benzene rings is 3. The zero-order valence-electron chi connectivity index (χ0n) is 20.3. The van der Waals surface area contributed by atoms with Crippen molar-refractivity contribution in [3.05, 3.63) is 96.1 Å². The predicted molar refractivity (Wildman–Crippen MR) is 138 cm³/mol. The van der Waals surface area contributed by atoms with E-state index in [1.165, 1.54) is 0 Å². The van der Waals surface area contributed by atoms with E-state index in [4.69, 9.17) is 4.74 Å². The molecule has 1 aliphatic heterocycles. The number of hydrogen-bond donors (Lipinski definition) is 0. The summed E-state index contributed by atoms with van der Waals surface area (Å²) in [6.07, 6.45) is 0.403. The number of hydrazone groups is 1. The van der Waals surface area contributed by atoms with Gasteiger partial charge in [0.15, 0.2) is 6.61 Å². The highest BCUT2D eigenvalue weighted by Crippen LogP contribution is 2.35. The Hall–Kier alpha value is -4.13. The van der Waals surface area contributed by atoms with Gasteiger partial charge in [-0.15, -0.1) is 0 Å². The maximum atomic E-state index is 12.8. The van der Waals surface area contributed by atoms with Gasteiger partial charge in [0.1, 0.15) is 5.71 Å². The summed E-state index contributed by atoms with van der Waals surface area (Å²) < 4.78 is 5.37. The van der Waals surface area contributed by atoms with Crippen molar-refractivity contribution in [2.24, 2.45) is 5.10 Å². The molecule has 0 spiro atoms. The molecule has 7 heteroatoms. The van der Waals surface area contributed by atoms with E-state index >= 15 is 0 Å². The molecule has 3 aromatic rings. The van der Waals surface area contributed by atoms with Crippen molar-refractivity contribution in [1.82, 2.24) is 4.90 Å². The number of likely N-dealkylation sites (N-methyl/N-ethyl adjacent to an activating group) is 1. The molecule has 3 aromatic carbocycles. The van der Waals surface area contributed by atoms with E-state index < -0.39 is 5.97 Å². The van der Waals surface area contributed by atoms with Gasteiger partial charge in [-0.3, -0.25) is 9.80 Å². The third kappa shape index (κ3) is 5.87. The van der Waals surface area contributed by atoms with Crippen molar-refractivity contribution in [3.63, 3.8) is 0 Å². The summed E-state index contributed by atoms with van der Waals surface area (Å²) in [6, 6.07) is 27.5. The van der Waals surface area contributed by atoms with Gasteiger partial charge >= 0.3 is 5.97 Å². The summed E-state index contributed by atoms with van der Waals surface area (Å²) in [5.74, 6) is -0.838. The molecule has 35 heavy (non-hydrogen) atoms. The first-order chi connectivity index (χ1) is 16.9. The van der Waals surface area contributed by atoms with E-state index in [1.54, 1.807) is 11.9 Å². The number of para-hydroxylation sites is 1. The zero-order chi connectivity index (χ0) is 24.8. The minimum atomic E-state index is -0.568. The second kappa shape index (κ2) is 10.9. The van der Waals surface area contributed by atoms with Crippen LogP contribution in [0.25, 0.3) is 0 Å². The van der Waals surface area contributed by atoms with Gasteiger partial charge in [0.05, 0.1) is 11.7 Å². The number of carbonyl (C=O) groups excluding carboxylic acids is 2. The maximum Gasteiger partial charge on any atom is 0.355 e. The number of esters is 1. The molecular formula is C28H30N4O3. The van der Waals surface area contributed by atoms with Crippen LogP contribution < -0.4 is 9.91 Å². The Morgan fingerprint density at radius 3 is 2.17 bits per heavy atom. The van der Waals surface area contributed by atoms with Crippen LogP contribution in [0.1, 0.15) is 23.6 Å². The van der Waals surface area contributed by atoms with Gasteiger partial charge < -0.3 is 14.5 Å². The molecule has 0 radical (unpaired) electrons. The molecular weight excluding hydrogens is 440 g/mol. The van der Waals surface area contributed by atoms with Gasteiger partial charge in [-0.1, -0.05) is 60.7 Å². The normalized spacial score (nSPS) is 14.9. The third-order valence-corrected chi connectivity index (χ3v) is 5.98. The Kier molecular flexibility index (Phi) is 7.45. The van der Waals surface area contributed by atoms with Crippen molar-refractivity contribution in [3.8, 4) is 0 Å². The summed E-state index contributed by atoms with van der Waals surface area (Å²) in [4.78, 5) is 29.0. The average Bonchev–Trinajstić information content (AvgIpc) is 3.34. The predicted octanol–water partition coefficient (Wildman–Crippen LogP) is 4.26.